The molecule has 0 saturated heterocycles. The molecule has 6 nitrogen and oxygen atoms in total. The number of amides is 2. The lowest BCUT2D eigenvalue weighted by atomic mass is 10.0. The monoisotopic (exact) mass is 373 g/mol. The maximum atomic E-state index is 12.0. The van der Waals surface area contributed by atoms with Gasteiger partial charge in [-0.1, -0.05) is 36.2 Å². The van der Waals surface area contributed by atoms with Gasteiger partial charge >= 0.3 is 6.09 Å². The van der Waals surface area contributed by atoms with Crippen LogP contribution in [0.15, 0.2) is 24.3 Å². The summed E-state index contributed by atoms with van der Waals surface area (Å²) < 4.78 is 5.15. The second-order valence-corrected chi connectivity index (χ2v) is 7.68. The van der Waals surface area contributed by atoms with E-state index >= 15 is 0 Å². The molecule has 0 spiro atoms. The Kier molecular flexibility index (Phi) is 9.35. The van der Waals surface area contributed by atoms with E-state index in [1.165, 1.54) is 0 Å². The molecule has 1 aromatic carbocycles. The lowest BCUT2D eigenvalue weighted by Crippen LogP contribution is -2.35. The van der Waals surface area contributed by atoms with Gasteiger partial charge in [-0.05, 0) is 46.1 Å². The van der Waals surface area contributed by atoms with Crippen LogP contribution in [0.2, 0.25) is 0 Å². The van der Waals surface area contributed by atoms with Crippen LogP contribution < -0.4 is 10.6 Å². The van der Waals surface area contributed by atoms with E-state index in [2.05, 4.69) is 16.7 Å². The van der Waals surface area contributed by atoms with Crippen LogP contribution in [-0.2, 0) is 16.0 Å². The summed E-state index contributed by atoms with van der Waals surface area (Å²) in [6.07, 6.45) is 2.76. The highest BCUT2D eigenvalue weighted by Crippen LogP contribution is 2.08. The number of nitrogens with zero attached hydrogens (tertiary/aromatic N) is 1. The Hall–Kier alpha value is -2.55. The molecule has 0 bridgehead atoms. The van der Waals surface area contributed by atoms with E-state index in [0.29, 0.717) is 25.8 Å². The zero-order valence-corrected chi connectivity index (χ0v) is 16.8. The number of ether oxygens (including phenoxy) is 1. The maximum absolute atomic E-state index is 12.0. The number of carbonyl (C=O) groups is 2. The molecular formula is C21H31N3O3. The quantitative estimate of drug-likeness (QED) is 0.647. The number of nitriles is 1. The second kappa shape index (κ2) is 11.2. The van der Waals surface area contributed by atoms with Crippen molar-refractivity contribution in [2.24, 2.45) is 0 Å². The first kappa shape index (κ1) is 22.5. The molecule has 0 saturated carbocycles. The van der Waals surface area contributed by atoms with Gasteiger partial charge in [0, 0.05) is 19.4 Å². The van der Waals surface area contributed by atoms with Crippen LogP contribution in [0.3, 0.4) is 0 Å². The summed E-state index contributed by atoms with van der Waals surface area (Å²) in [4.78, 5) is 23.5. The first-order chi connectivity index (χ1) is 12.7. The predicted molar refractivity (Wildman–Crippen MR) is 105 cm³/mol. The zero-order chi connectivity index (χ0) is 20.3. The first-order valence-electron chi connectivity index (χ1n) is 9.41. The molecule has 27 heavy (non-hydrogen) atoms. The Morgan fingerprint density at radius 2 is 1.81 bits per heavy atom. The Balaban J connectivity index is 2.18. The van der Waals surface area contributed by atoms with Crippen molar-refractivity contribution in [2.45, 2.75) is 71.4 Å². The largest absolute Gasteiger partial charge is 0.444 e. The number of hydrogen-bond donors (Lipinski definition) is 2. The highest BCUT2D eigenvalue weighted by Gasteiger charge is 2.15. The highest BCUT2D eigenvalue weighted by molar-refractivity contribution is 5.76. The number of carbonyl (C=O) groups excluding carboxylic acids is 2. The predicted octanol–water partition coefficient (Wildman–Crippen LogP) is 3.63. The van der Waals surface area contributed by atoms with Crippen LogP contribution in [0.25, 0.3) is 0 Å². The van der Waals surface area contributed by atoms with E-state index in [0.717, 1.165) is 24.0 Å². The van der Waals surface area contributed by atoms with Gasteiger partial charge in [0.25, 0.3) is 0 Å². The van der Waals surface area contributed by atoms with Crippen molar-refractivity contribution in [1.29, 1.82) is 5.26 Å². The van der Waals surface area contributed by atoms with E-state index in [-0.39, 0.29) is 5.91 Å². The van der Waals surface area contributed by atoms with Crippen LogP contribution in [0.4, 0.5) is 4.79 Å². The van der Waals surface area contributed by atoms with E-state index in [9.17, 15) is 14.9 Å². The average molecular weight is 373 g/mol. The normalized spacial score (nSPS) is 12.0. The van der Waals surface area contributed by atoms with Gasteiger partial charge in [-0.15, -0.1) is 0 Å². The zero-order valence-electron chi connectivity index (χ0n) is 16.8. The molecule has 1 atom stereocenters. The van der Waals surface area contributed by atoms with E-state index < -0.39 is 17.7 Å². The summed E-state index contributed by atoms with van der Waals surface area (Å²) in [5.41, 5.74) is 1.69. The number of nitrogens with one attached hydrogen (secondary N) is 2. The van der Waals surface area contributed by atoms with Crippen molar-refractivity contribution >= 4 is 12.0 Å². The maximum Gasteiger partial charge on any atom is 0.407 e. The summed E-state index contributed by atoms with van der Waals surface area (Å²) in [7, 11) is 0. The smallest absolute Gasteiger partial charge is 0.407 e. The Bertz CT molecular complexity index is 642. The van der Waals surface area contributed by atoms with Crippen LogP contribution >= 0.6 is 0 Å². The molecule has 0 aromatic heterocycles. The molecule has 6 heteroatoms. The Morgan fingerprint density at radius 3 is 2.41 bits per heavy atom. The molecule has 0 fully saturated rings. The van der Waals surface area contributed by atoms with Gasteiger partial charge in [0.1, 0.15) is 11.6 Å². The Morgan fingerprint density at radius 1 is 1.15 bits per heavy atom. The van der Waals surface area contributed by atoms with Crippen LogP contribution in [0.1, 0.15) is 57.6 Å². The fourth-order valence-electron chi connectivity index (χ4n) is 2.45. The van der Waals surface area contributed by atoms with Gasteiger partial charge < -0.3 is 15.4 Å². The number of aryl methyl sites for hydroxylation is 1. The lowest BCUT2D eigenvalue weighted by molar-refractivity contribution is -0.121. The summed E-state index contributed by atoms with van der Waals surface area (Å²) in [6.45, 7) is 7.98. The fourth-order valence-corrected chi connectivity index (χ4v) is 2.45. The fraction of sp³-hybridized carbons (Fsp3) is 0.571. The van der Waals surface area contributed by atoms with Crippen molar-refractivity contribution in [3.8, 4) is 6.07 Å². The molecule has 1 aromatic rings. The van der Waals surface area contributed by atoms with Gasteiger partial charge in [0.05, 0.1) is 6.07 Å². The van der Waals surface area contributed by atoms with Gasteiger partial charge in [-0.25, -0.2) is 4.79 Å². The van der Waals surface area contributed by atoms with E-state index in [1.54, 1.807) is 0 Å². The minimum atomic E-state index is -0.519. The summed E-state index contributed by atoms with van der Waals surface area (Å²) in [6, 6.07) is 9.57. The molecule has 0 radical (unpaired) electrons. The molecule has 0 heterocycles. The summed E-state index contributed by atoms with van der Waals surface area (Å²) >= 11 is 0. The minimum Gasteiger partial charge on any atom is -0.444 e. The third-order valence-electron chi connectivity index (χ3n) is 3.80. The summed E-state index contributed by atoms with van der Waals surface area (Å²) in [5.74, 6) is -0.117. The number of rotatable bonds is 9. The summed E-state index contributed by atoms with van der Waals surface area (Å²) in [5, 5.41) is 14.7. The van der Waals surface area contributed by atoms with Crippen LogP contribution in [-0.4, -0.2) is 30.2 Å². The molecule has 1 unspecified atom stereocenters. The second-order valence-electron chi connectivity index (χ2n) is 7.68. The van der Waals surface area contributed by atoms with Gasteiger partial charge in [-0.3, -0.25) is 4.79 Å². The van der Waals surface area contributed by atoms with Gasteiger partial charge in [0.2, 0.25) is 5.91 Å². The third kappa shape index (κ3) is 10.9. The van der Waals surface area contributed by atoms with E-state index in [1.807, 2.05) is 52.0 Å². The first-order valence-corrected chi connectivity index (χ1v) is 9.41. The van der Waals surface area contributed by atoms with Crippen LogP contribution in [0, 0.1) is 18.3 Å². The topological polar surface area (TPSA) is 91.2 Å². The molecule has 0 aliphatic rings. The number of alkyl carbamates (subject to hydrolysis) is 1. The lowest BCUT2D eigenvalue weighted by Gasteiger charge is -2.19. The minimum absolute atomic E-state index is 0.117. The Labute approximate surface area is 162 Å². The van der Waals surface area contributed by atoms with Gasteiger partial charge in [-0.2, -0.15) is 5.26 Å². The standard InChI is InChI=1S/C21H31N3O3/c1-16-9-11-17(12-10-16)14-18(15-22)24-19(25)8-6-5-7-13-23-20(26)27-21(2,3)4/h9-12,18H,5-8,13-14H2,1-4H3,(H,23,26)(H,24,25). The number of unbranched alkanes of at least 4 members (excludes halogenated alkanes) is 2. The van der Waals surface area contributed by atoms with Crippen LogP contribution in [0.5, 0.6) is 0 Å². The van der Waals surface area contributed by atoms with E-state index in [4.69, 9.17) is 4.74 Å². The number of benzene rings is 1. The van der Waals surface area contributed by atoms with Crippen molar-refractivity contribution in [2.75, 3.05) is 6.54 Å². The average Bonchev–Trinajstić information content (AvgIpc) is 2.57. The molecule has 2 amide bonds. The van der Waals surface area contributed by atoms with Gasteiger partial charge in [0.15, 0.2) is 0 Å². The number of hydrogen-bond acceptors (Lipinski definition) is 4. The molecular weight excluding hydrogens is 342 g/mol. The molecule has 0 aliphatic heterocycles. The molecule has 1 rings (SSSR count). The van der Waals surface area contributed by atoms with Crippen molar-refractivity contribution in [1.82, 2.24) is 10.6 Å². The van der Waals surface area contributed by atoms with Crippen molar-refractivity contribution in [3.63, 3.8) is 0 Å². The third-order valence-corrected chi connectivity index (χ3v) is 3.80. The van der Waals surface area contributed by atoms with Crippen molar-refractivity contribution in [3.05, 3.63) is 35.4 Å². The highest BCUT2D eigenvalue weighted by atomic mass is 16.6. The molecule has 148 valence electrons. The SMILES string of the molecule is Cc1ccc(CC(C#N)NC(=O)CCCCCNC(=O)OC(C)(C)C)cc1. The van der Waals surface area contributed by atoms with Crippen molar-refractivity contribution < 1.29 is 14.3 Å². The molecule has 0 aliphatic carbocycles. The molecule has 2 N–H and O–H groups in total.